The second-order valence-electron chi connectivity index (χ2n) is 4.54. The van der Waals surface area contributed by atoms with Crippen LogP contribution in [0.25, 0.3) is 11.2 Å². The highest BCUT2D eigenvalue weighted by Gasteiger charge is 2.33. The van der Waals surface area contributed by atoms with Crippen LogP contribution in [0.4, 0.5) is 5.95 Å². The summed E-state index contributed by atoms with van der Waals surface area (Å²) < 4.78 is 8.52. The number of imidazole rings is 1. The number of hydrogen-bond donors (Lipinski definition) is 1. The predicted octanol–water partition coefficient (Wildman–Crippen LogP) is 2.52. The summed E-state index contributed by atoms with van der Waals surface area (Å²) >= 11 is 3.39. The summed E-state index contributed by atoms with van der Waals surface area (Å²) in [7, 11) is 0. The van der Waals surface area contributed by atoms with Gasteiger partial charge < -0.3 is 10.5 Å². The van der Waals surface area contributed by atoms with E-state index in [1.807, 2.05) is 17.6 Å². The first kappa shape index (κ1) is 11.9. The van der Waals surface area contributed by atoms with Gasteiger partial charge in [0, 0.05) is 23.3 Å². The van der Waals surface area contributed by atoms with E-state index < -0.39 is 0 Å². The normalized spacial score (nSPS) is 23.2. The highest BCUT2D eigenvalue weighted by atomic mass is 79.9. The number of aromatic nitrogens is 3. The zero-order valence-electron chi connectivity index (χ0n) is 10.1. The van der Waals surface area contributed by atoms with Crippen LogP contribution in [-0.2, 0) is 4.74 Å². The molecule has 0 radical (unpaired) electrons. The molecule has 96 valence electrons. The van der Waals surface area contributed by atoms with Crippen molar-refractivity contribution in [3.05, 3.63) is 16.7 Å². The van der Waals surface area contributed by atoms with Crippen molar-refractivity contribution in [1.29, 1.82) is 0 Å². The predicted molar refractivity (Wildman–Crippen MR) is 73.3 cm³/mol. The van der Waals surface area contributed by atoms with Crippen LogP contribution in [0.2, 0.25) is 0 Å². The summed E-state index contributed by atoms with van der Waals surface area (Å²) in [5, 5.41) is 0. The Morgan fingerprint density at radius 1 is 1.56 bits per heavy atom. The largest absolute Gasteiger partial charge is 0.378 e. The Kier molecular flexibility index (Phi) is 2.99. The number of nitrogen functional groups attached to an aromatic ring is 1. The van der Waals surface area contributed by atoms with E-state index in [4.69, 9.17) is 10.5 Å². The van der Waals surface area contributed by atoms with Crippen LogP contribution in [0.15, 0.2) is 16.7 Å². The van der Waals surface area contributed by atoms with E-state index in [0.717, 1.165) is 35.1 Å². The topological polar surface area (TPSA) is 66.0 Å². The first-order valence-electron chi connectivity index (χ1n) is 6.09. The molecule has 1 fully saturated rings. The average molecular weight is 311 g/mol. The molecule has 2 N–H and O–H groups in total. The minimum Gasteiger partial charge on any atom is -0.378 e. The van der Waals surface area contributed by atoms with E-state index in [1.54, 1.807) is 6.20 Å². The Morgan fingerprint density at radius 2 is 2.33 bits per heavy atom. The number of ether oxygens (including phenoxy) is 1. The Labute approximate surface area is 113 Å². The zero-order chi connectivity index (χ0) is 12.7. The summed E-state index contributed by atoms with van der Waals surface area (Å²) in [6, 6.07) is 2.30. The number of fused-ring (bicyclic) bond motifs is 1. The summed E-state index contributed by atoms with van der Waals surface area (Å²) in [6.07, 6.45) is 4.11. The number of hydrogen-bond acceptors (Lipinski definition) is 4. The Bertz CT molecular complexity index is 577. The average Bonchev–Trinajstić information content (AvgIpc) is 2.58. The van der Waals surface area contributed by atoms with E-state index in [1.165, 1.54) is 0 Å². The second kappa shape index (κ2) is 4.51. The maximum atomic E-state index is 5.99. The van der Waals surface area contributed by atoms with Crippen LogP contribution >= 0.6 is 15.9 Å². The maximum Gasteiger partial charge on any atom is 0.202 e. The van der Waals surface area contributed by atoms with Gasteiger partial charge in [-0.1, -0.05) is 0 Å². The van der Waals surface area contributed by atoms with Crippen molar-refractivity contribution >= 4 is 33.0 Å². The van der Waals surface area contributed by atoms with Crippen LogP contribution in [0.1, 0.15) is 25.8 Å². The first-order chi connectivity index (χ1) is 8.69. The Hall–Kier alpha value is -1.14. The van der Waals surface area contributed by atoms with Gasteiger partial charge >= 0.3 is 0 Å². The highest BCUT2D eigenvalue weighted by molar-refractivity contribution is 9.10. The number of halogens is 1. The van der Waals surface area contributed by atoms with Gasteiger partial charge in [-0.25, -0.2) is 9.97 Å². The van der Waals surface area contributed by atoms with Gasteiger partial charge in [0.15, 0.2) is 5.65 Å². The van der Waals surface area contributed by atoms with E-state index in [2.05, 4.69) is 25.9 Å². The molecule has 0 spiro atoms. The Balaban J connectivity index is 1.91. The van der Waals surface area contributed by atoms with Gasteiger partial charge in [0.1, 0.15) is 5.52 Å². The smallest absolute Gasteiger partial charge is 0.202 e. The molecule has 2 aromatic heterocycles. The van der Waals surface area contributed by atoms with E-state index >= 15 is 0 Å². The molecule has 1 aliphatic carbocycles. The molecule has 0 bridgehead atoms. The fraction of sp³-hybridized carbons (Fsp3) is 0.500. The third-order valence-electron chi connectivity index (χ3n) is 3.36. The SMILES string of the molecule is CCOC1CC(n2c(N)nc3cc(Br)cnc32)C1. The molecule has 0 amide bonds. The molecule has 3 rings (SSSR count). The minimum atomic E-state index is 0.354. The lowest BCUT2D eigenvalue weighted by Crippen LogP contribution is -2.34. The van der Waals surface area contributed by atoms with E-state index in [0.29, 0.717) is 18.1 Å². The third kappa shape index (κ3) is 1.89. The van der Waals surface area contributed by atoms with E-state index in [-0.39, 0.29) is 0 Å². The van der Waals surface area contributed by atoms with Crippen molar-refractivity contribution in [2.45, 2.75) is 31.9 Å². The van der Waals surface area contributed by atoms with Crippen LogP contribution in [-0.4, -0.2) is 27.2 Å². The molecule has 0 atom stereocenters. The summed E-state index contributed by atoms with van der Waals surface area (Å²) in [4.78, 5) is 8.76. The monoisotopic (exact) mass is 310 g/mol. The lowest BCUT2D eigenvalue weighted by Gasteiger charge is -2.36. The minimum absolute atomic E-state index is 0.354. The molecule has 0 saturated heterocycles. The lowest BCUT2D eigenvalue weighted by atomic mass is 9.89. The van der Waals surface area contributed by atoms with Crippen molar-refractivity contribution in [3.8, 4) is 0 Å². The van der Waals surface area contributed by atoms with Gasteiger partial charge in [-0.2, -0.15) is 0 Å². The second-order valence-corrected chi connectivity index (χ2v) is 5.45. The molecule has 6 heteroatoms. The first-order valence-corrected chi connectivity index (χ1v) is 6.89. The van der Waals surface area contributed by atoms with Gasteiger partial charge in [-0.05, 0) is 41.8 Å². The third-order valence-corrected chi connectivity index (χ3v) is 3.80. The van der Waals surface area contributed by atoms with Gasteiger partial charge in [-0.15, -0.1) is 0 Å². The van der Waals surface area contributed by atoms with Gasteiger partial charge in [0.2, 0.25) is 5.95 Å². The quantitative estimate of drug-likeness (QED) is 0.946. The molecule has 18 heavy (non-hydrogen) atoms. The fourth-order valence-electron chi connectivity index (χ4n) is 2.46. The van der Waals surface area contributed by atoms with Crippen molar-refractivity contribution in [1.82, 2.24) is 14.5 Å². The van der Waals surface area contributed by atoms with Crippen molar-refractivity contribution < 1.29 is 4.74 Å². The Morgan fingerprint density at radius 3 is 3.06 bits per heavy atom. The molecular formula is C12H15BrN4O. The van der Waals surface area contributed by atoms with Gasteiger partial charge in [0.05, 0.1) is 6.10 Å². The van der Waals surface area contributed by atoms with Gasteiger partial charge in [0.25, 0.3) is 0 Å². The lowest BCUT2D eigenvalue weighted by molar-refractivity contribution is -0.0183. The van der Waals surface area contributed by atoms with Crippen molar-refractivity contribution in [2.75, 3.05) is 12.3 Å². The molecule has 5 nitrogen and oxygen atoms in total. The number of rotatable bonds is 3. The van der Waals surface area contributed by atoms with Crippen molar-refractivity contribution in [2.24, 2.45) is 0 Å². The van der Waals surface area contributed by atoms with Crippen LogP contribution < -0.4 is 5.73 Å². The molecule has 0 aliphatic heterocycles. The molecule has 1 saturated carbocycles. The van der Waals surface area contributed by atoms with Crippen LogP contribution in [0, 0.1) is 0 Å². The zero-order valence-corrected chi connectivity index (χ0v) is 11.7. The standard InChI is InChI=1S/C12H15BrN4O/c1-2-18-9-4-8(5-9)17-11-10(16-12(17)14)3-7(13)6-15-11/h3,6,8-9H,2,4-5H2,1H3,(H2,14,16). The van der Waals surface area contributed by atoms with Crippen molar-refractivity contribution in [3.63, 3.8) is 0 Å². The number of nitrogens with zero attached hydrogens (tertiary/aromatic N) is 3. The van der Waals surface area contributed by atoms with Gasteiger partial charge in [-0.3, -0.25) is 4.57 Å². The van der Waals surface area contributed by atoms with E-state index in [9.17, 15) is 0 Å². The number of nitrogens with two attached hydrogens (primary N) is 1. The summed E-state index contributed by atoms with van der Waals surface area (Å²) in [5.41, 5.74) is 7.68. The maximum absolute atomic E-state index is 5.99. The number of pyridine rings is 1. The molecule has 2 aromatic rings. The molecule has 1 aliphatic rings. The number of anilines is 1. The summed E-state index contributed by atoms with van der Waals surface area (Å²) in [6.45, 7) is 2.79. The van der Waals surface area contributed by atoms with Crippen LogP contribution in [0.5, 0.6) is 0 Å². The molecular weight excluding hydrogens is 296 g/mol. The molecule has 0 aromatic carbocycles. The highest BCUT2D eigenvalue weighted by Crippen LogP contribution is 2.38. The summed E-state index contributed by atoms with van der Waals surface area (Å²) in [5.74, 6) is 0.538. The molecule has 2 heterocycles. The molecule has 0 unspecified atom stereocenters. The fourth-order valence-corrected chi connectivity index (χ4v) is 2.77. The van der Waals surface area contributed by atoms with Crippen LogP contribution in [0.3, 0.4) is 0 Å².